The number of hydrogen-bond donors (Lipinski definition) is 1. The zero-order valence-corrected chi connectivity index (χ0v) is 10.6. The lowest BCUT2D eigenvalue weighted by molar-refractivity contribution is -0.138. The molecule has 2 aliphatic rings. The minimum atomic E-state index is -0.274. The molecule has 0 aliphatic carbocycles. The summed E-state index contributed by atoms with van der Waals surface area (Å²) < 4.78 is 0. The third-order valence-corrected chi connectivity index (χ3v) is 4.16. The highest BCUT2D eigenvalue weighted by molar-refractivity contribution is 6.05. The first-order chi connectivity index (χ1) is 8.06. The van der Waals surface area contributed by atoms with Gasteiger partial charge in [-0.25, -0.2) is 0 Å². The van der Waals surface area contributed by atoms with Crippen molar-refractivity contribution in [2.24, 2.45) is 11.7 Å². The molecule has 96 valence electrons. The Morgan fingerprint density at radius 1 is 1.41 bits per heavy atom. The Labute approximate surface area is 102 Å². The second kappa shape index (κ2) is 4.74. The van der Waals surface area contributed by atoms with Gasteiger partial charge in [-0.2, -0.15) is 0 Å². The normalized spacial score (nSPS) is 35.7. The van der Waals surface area contributed by atoms with Gasteiger partial charge in [0.25, 0.3) is 0 Å². The van der Waals surface area contributed by atoms with Gasteiger partial charge in [-0.1, -0.05) is 6.92 Å². The van der Waals surface area contributed by atoms with Gasteiger partial charge in [-0.05, 0) is 25.3 Å². The van der Waals surface area contributed by atoms with Gasteiger partial charge in [-0.3, -0.25) is 19.4 Å². The molecule has 5 heteroatoms. The zero-order chi connectivity index (χ0) is 12.6. The topological polar surface area (TPSA) is 66.6 Å². The number of amides is 2. The summed E-state index contributed by atoms with van der Waals surface area (Å²) in [6.45, 7) is 3.61. The molecule has 0 aromatic heterocycles. The molecule has 2 N–H and O–H groups in total. The maximum Gasteiger partial charge on any atom is 0.246 e. The van der Waals surface area contributed by atoms with Crippen LogP contribution in [0.25, 0.3) is 0 Å². The molecule has 0 bridgehead atoms. The summed E-state index contributed by atoms with van der Waals surface area (Å²) in [5, 5.41) is 0. The predicted octanol–water partition coefficient (Wildman–Crippen LogP) is -0.197. The van der Waals surface area contributed by atoms with Crippen molar-refractivity contribution < 1.29 is 9.59 Å². The molecule has 0 aromatic rings. The first-order valence-corrected chi connectivity index (χ1v) is 6.32. The fraction of sp³-hybridized carbons (Fsp3) is 0.833. The van der Waals surface area contributed by atoms with Crippen molar-refractivity contribution in [3.63, 3.8) is 0 Å². The van der Waals surface area contributed by atoms with E-state index in [2.05, 4.69) is 11.8 Å². The van der Waals surface area contributed by atoms with Crippen molar-refractivity contribution in [3.05, 3.63) is 0 Å². The molecule has 2 aliphatic heterocycles. The fourth-order valence-electron chi connectivity index (χ4n) is 3.03. The van der Waals surface area contributed by atoms with Crippen LogP contribution in [-0.4, -0.2) is 53.8 Å². The van der Waals surface area contributed by atoms with E-state index in [1.807, 2.05) is 0 Å². The molecule has 3 atom stereocenters. The number of rotatable bonds is 2. The van der Waals surface area contributed by atoms with E-state index in [0.29, 0.717) is 18.9 Å². The van der Waals surface area contributed by atoms with Crippen LogP contribution in [0.15, 0.2) is 0 Å². The minimum absolute atomic E-state index is 0.0671. The fourth-order valence-corrected chi connectivity index (χ4v) is 3.03. The number of hydrogen-bond acceptors (Lipinski definition) is 4. The van der Waals surface area contributed by atoms with Crippen LogP contribution in [0.2, 0.25) is 0 Å². The van der Waals surface area contributed by atoms with E-state index in [0.717, 1.165) is 19.4 Å². The molecule has 2 rings (SSSR count). The van der Waals surface area contributed by atoms with Crippen molar-refractivity contribution in [1.29, 1.82) is 0 Å². The second-order valence-corrected chi connectivity index (χ2v) is 5.17. The maximum absolute atomic E-state index is 12.0. The van der Waals surface area contributed by atoms with Gasteiger partial charge in [0, 0.05) is 19.6 Å². The van der Waals surface area contributed by atoms with Crippen LogP contribution in [-0.2, 0) is 9.59 Å². The number of nitrogens with two attached hydrogens (primary N) is 1. The molecule has 2 amide bonds. The lowest BCUT2D eigenvalue weighted by Crippen LogP contribution is -2.55. The molecule has 2 fully saturated rings. The van der Waals surface area contributed by atoms with Crippen LogP contribution >= 0.6 is 0 Å². The molecule has 2 heterocycles. The van der Waals surface area contributed by atoms with E-state index < -0.39 is 0 Å². The zero-order valence-electron chi connectivity index (χ0n) is 10.6. The Balaban J connectivity index is 2.16. The highest BCUT2D eigenvalue weighted by Crippen LogP contribution is 2.28. The Hall–Kier alpha value is -0.940. The Bertz CT molecular complexity index is 332. The monoisotopic (exact) mass is 239 g/mol. The van der Waals surface area contributed by atoms with E-state index >= 15 is 0 Å². The van der Waals surface area contributed by atoms with Gasteiger partial charge in [0.15, 0.2) is 0 Å². The van der Waals surface area contributed by atoms with Crippen LogP contribution in [0.5, 0.6) is 0 Å². The smallest absolute Gasteiger partial charge is 0.246 e. The first kappa shape index (κ1) is 12.5. The van der Waals surface area contributed by atoms with Crippen LogP contribution in [0.1, 0.15) is 26.2 Å². The molecular formula is C12H21N3O2. The van der Waals surface area contributed by atoms with Gasteiger partial charge in [0.1, 0.15) is 0 Å². The lowest BCUT2D eigenvalue weighted by Gasteiger charge is -2.41. The molecule has 3 unspecified atom stereocenters. The minimum Gasteiger partial charge on any atom is -0.329 e. The summed E-state index contributed by atoms with van der Waals surface area (Å²) in [6, 6.07) is -0.0409. The molecular weight excluding hydrogens is 218 g/mol. The van der Waals surface area contributed by atoms with Crippen LogP contribution in [0.3, 0.4) is 0 Å². The highest BCUT2D eigenvalue weighted by Gasteiger charge is 2.43. The van der Waals surface area contributed by atoms with Crippen molar-refractivity contribution in [3.8, 4) is 0 Å². The quantitative estimate of drug-likeness (QED) is 0.678. The first-order valence-electron chi connectivity index (χ1n) is 6.32. The van der Waals surface area contributed by atoms with Gasteiger partial charge >= 0.3 is 0 Å². The molecule has 0 saturated carbocycles. The van der Waals surface area contributed by atoms with E-state index in [1.54, 1.807) is 7.05 Å². The third-order valence-electron chi connectivity index (χ3n) is 4.16. The van der Waals surface area contributed by atoms with Gasteiger partial charge < -0.3 is 5.73 Å². The SMILES string of the molecule is CC1CCCN(C2CC(=O)N(C)C2=O)C1CN. The standard InChI is InChI=1S/C12H21N3O2/c1-8-4-3-5-15(10(8)7-13)9-6-11(16)14(2)12(9)17/h8-10H,3-7,13H2,1-2H3. The highest BCUT2D eigenvalue weighted by atomic mass is 16.2. The molecule has 0 spiro atoms. The largest absolute Gasteiger partial charge is 0.329 e. The summed E-state index contributed by atoms with van der Waals surface area (Å²) in [4.78, 5) is 27.0. The maximum atomic E-state index is 12.0. The Morgan fingerprint density at radius 2 is 2.12 bits per heavy atom. The van der Waals surface area contributed by atoms with Crippen LogP contribution in [0.4, 0.5) is 0 Å². The second-order valence-electron chi connectivity index (χ2n) is 5.17. The molecule has 0 aromatic carbocycles. The third kappa shape index (κ3) is 2.09. The van der Waals surface area contributed by atoms with E-state index in [9.17, 15) is 9.59 Å². The molecule has 2 saturated heterocycles. The van der Waals surface area contributed by atoms with E-state index in [1.165, 1.54) is 4.90 Å². The number of likely N-dealkylation sites (N-methyl/N-ethyl adjacent to an activating group) is 1. The van der Waals surface area contributed by atoms with Gasteiger partial charge in [0.2, 0.25) is 11.8 Å². The number of nitrogens with zero attached hydrogens (tertiary/aromatic N) is 2. The summed E-state index contributed by atoms with van der Waals surface area (Å²) in [5.74, 6) is 0.360. The van der Waals surface area contributed by atoms with Crippen molar-refractivity contribution in [2.75, 3.05) is 20.1 Å². The molecule has 5 nitrogen and oxygen atoms in total. The van der Waals surface area contributed by atoms with Crippen LogP contribution < -0.4 is 5.73 Å². The summed E-state index contributed by atoms with van der Waals surface area (Å²) in [7, 11) is 1.56. The van der Waals surface area contributed by atoms with Crippen molar-refractivity contribution >= 4 is 11.8 Å². The number of piperidine rings is 1. The van der Waals surface area contributed by atoms with Crippen LogP contribution in [0, 0.1) is 5.92 Å². The number of imide groups is 1. The average molecular weight is 239 g/mol. The summed E-state index contributed by atoms with van der Waals surface area (Å²) in [5.41, 5.74) is 5.81. The van der Waals surface area contributed by atoms with Crippen molar-refractivity contribution in [2.45, 2.75) is 38.3 Å². The number of carbonyl (C=O) groups is 2. The summed E-state index contributed by atoms with van der Waals surface area (Å²) in [6.07, 6.45) is 2.56. The van der Waals surface area contributed by atoms with Crippen molar-refractivity contribution in [1.82, 2.24) is 9.80 Å². The molecule has 17 heavy (non-hydrogen) atoms. The lowest BCUT2D eigenvalue weighted by atomic mass is 9.89. The van der Waals surface area contributed by atoms with Gasteiger partial charge in [0.05, 0.1) is 12.5 Å². The number of likely N-dealkylation sites (tertiary alicyclic amines) is 2. The Morgan fingerprint density at radius 3 is 2.65 bits per heavy atom. The van der Waals surface area contributed by atoms with E-state index in [4.69, 9.17) is 5.73 Å². The molecule has 0 radical (unpaired) electrons. The van der Waals surface area contributed by atoms with E-state index in [-0.39, 0.29) is 23.9 Å². The average Bonchev–Trinajstić information content (AvgIpc) is 2.56. The summed E-state index contributed by atoms with van der Waals surface area (Å²) >= 11 is 0. The van der Waals surface area contributed by atoms with Gasteiger partial charge in [-0.15, -0.1) is 0 Å². The number of carbonyl (C=O) groups excluding carboxylic acids is 2. The Kier molecular flexibility index (Phi) is 3.49. The predicted molar refractivity (Wildman–Crippen MR) is 64.1 cm³/mol.